The van der Waals surface area contributed by atoms with Crippen molar-refractivity contribution in [1.29, 1.82) is 5.53 Å². The van der Waals surface area contributed by atoms with Crippen LogP contribution in [0.3, 0.4) is 0 Å². The Morgan fingerprint density at radius 1 is 1.50 bits per heavy atom. The molecule has 128 valence electrons. The summed E-state index contributed by atoms with van der Waals surface area (Å²) in [6, 6.07) is 0.0712. The van der Waals surface area contributed by atoms with E-state index < -0.39 is 17.8 Å². The number of amides is 1. The lowest BCUT2D eigenvalue weighted by Crippen LogP contribution is -2.54. The van der Waals surface area contributed by atoms with Gasteiger partial charge in [0.2, 0.25) is 0 Å². The predicted octanol–water partition coefficient (Wildman–Crippen LogP) is 1.69. The molecule has 8 heteroatoms. The molecule has 1 fully saturated rings. The minimum absolute atomic E-state index is 0.0214. The quantitative estimate of drug-likeness (QED) is 0.466. The molecule has 0 aromatic carbocycles. The van der Waals surface area contributed by atoms with Gasteiger partial charge in [0.1, 0.15) is 5.60 Å². The minimum Gasteiger partial charge on any atom is -0.444 e. The first-order chi connectivity index (χ1) is 10.2. The maximum Gasteiger partial charge on any atom is 0.407 e. The van der Waals surface area contributed by atoms with Crippen molar-refractivity contribution < 1.29 is 19.4 Å². The van der Waals surface area contributed by atoms with Crippen LogP contribution in [0.2, 0.25) is 0 Å². The molecule has 8 nitrogen and oxygen atoms in total. The van der Waals surface area contributed by atoms with E-state index >= 15 is 0 Å². The van der Waals surface area contributed by atoms with Gasteiger partial charge in [-0.1, -0.05) is 5.22 Å². The lowest BCUT2D eigenvalue weighted by Gasteiger charge is -2.41. The van der Waals surface area contributed by atoms with E-state index in [0.717, 1.165) is 0 Å². The van der Waals surface area contributed by atoms with Crippen LogP contribution in [0.15, 0.2) is 5.22 Å². The Bertz CT molecular complexity index is 366. The molecule has 1 atom stereocenters. The van der Waals surface area contributed by atoms with Crippen LogP contribution in [-0.2, 0) is 9.47 Å². The zero-order valence-electron chi connectivity index (χ0n) is 13.8. The van der Waals surface area contributed by atoms with Crippen molar-refractivity contribution in [3.05, 3.63) is 0 Å². The highest BCUT2D eigenvalue weighted by Gasteiger charge is 2.36. The third-order valence-corrected chi connectivity index (χ3v) is 3.30. The molecule has 0 spiro atoms. The Balaban J connectivity index is 2.29. The van der Waals surface area contributed by atoms with E-state index in [9.17, 15) is 9.90 Å². The summed E-state index contributed by atoms with van der Waals surface area (Å²) < 4.78 is 10.3. The Labute approximate surface area is 131 Å². The number of alkyl carbamates (subject to hydrolysis) is 1. The van der Waals surface area contributed by atoms with Gasteiger partial charge in [0.25, 0.3) is 0 Å². The third kappa shape index (κ3) is 6.57. The van der Waals surface area contributed by atoms with Crippen molar-refractivity contribution in [3.63, 3.8) is 0 Å². The average molecular weight is 316 g/mol. The van der Waals surface area contributed by atoms with Crippen molar-refractivity contribution in [2.45, 2.75) is 64.3 Å². The van der Waals surface area contributed by atoms with Crippen LogP contribution in [-0.4, -0.2) is 59.8 Å². The molecule has 0 aliphatic heterocycles. The number of aliphatic hydroxyl groups is 1. The van der Waals surface area contributed by atoms with Gasteiger partial charge in [0, 0.05) is 12.6 Å². The molecule has 0 heterocycles. The maximum absolute atomic E-state index is 11.6. The zero-order chi connectivity index (χ0) is 16.8. The summed E-state index contributed by atoms with van der Waals surface area (Å²) in [6.07, 6.45) is 0.264. The second kappa shape index (κ2) is 8.28. The van der Waals surface area contributed by atoms with E-state index in [1.807, 2.05) is 27.7 Å². The lowest BCUT2D eigenvalue weighted by molar-refractivity contribution is -0.00836. The number of ether oxygens (including phenoxy) is 2. The number of rotatable bonds is 8. The normalized spacial score (nSPS) is 22.4. The van der Waals surface area contributed by atoms with Crippen LogP contribution in [0.4, 0.5) is 4.79 Å². The number of nitrogens with zero attached hydrogens (tertiary/aromatic N) is 2. The summed E-state index contributed by atoms with van der Waals surface area (Å²) >= 11 is 0. The summed E-state index contributed by atoms with van der Waals surface area (Å²) in [5.41, 5.74) is 6.70. The van der Waals surface area contributed by atoms with Crippen LogP contribution < -0.4 is 5.32 Å². The highest BCUT2D eigenvalue weighted by atomic mass is 16.6. The largest absolute Gasteiger partial charge is 0.444 e. The molecule has 1 unspecified atom stereocenters. The molecule has 0 saturated heterocycles. The number of nitrogens with one attached hydrogen (secondary N) is 2. The highest BCUT2D eigenvalue weighted by molar-refractivity contribution is 5.68. The second-order valence-corrected chi connectivity index (χ2v) is 6.50. The van der Waals surface area contributed by atoms with Gasteiger partial charge < -0.3 is 19.9 Å². The van der Waals surface area contributed by atoms with Crippen LogP contribution in [0.25, 0.3) is 0 Å². The van der Waals surface area contributed by atoms with Gasteiger partial charge in [0.05, 0.1) is 25.3 Å². The van der Waals surface area contributed by atoms with Crippen molar-refractivity contribution in [1.82, 2.24) is 10.3 Å². The first-order valence-electron chi connectivity index (χ1n) is 7.64. The summed E-state index contributed by atoms with van der Waals surface area (Å²) in [5.74, 6) is 0. The molecular weight excluding hydrogens is 288 g/mol. The van der Waals surface area contributed by atoms with Gasteiger partial charge in [-0.05, 0) is 40.5 Å². The van der Waals surface area contributed by atoms with Gasteiger partial charge in [0.15, 0.2) is 0 Å². The minimum atomic E-state index is -0.674. The standard InChI is InChI=1S/C14H28N4O4/c1-5-21-9-12(19)8-18(17-15)11-6-10(7-11)16-13(20)22-14(2,3)4/h10-12,15,19H,5-9H2,1-4H3,(H,16,20). The molecule has 1 saturated carbocycles. The zero-order valence-corrected chi connectivity index (χ0v) is 13.8. The Morgan fingerprint density at radius 3 is 2.64 bits per heavy atom. The predicted molar refractivity (Wildman–Crippen MR) is 80.5 cm³/mol. The lowest BCUT2D eigenvalue weighted by atomic mass is 9.86. The van der Waals surface area contributed by atoms with E-state index in [1.165, 1.54) is 5.01 Å². The monoisotopic (exact) mass is 316 g/mol. The number of carbonyl (C=O) groups excluding carboxylic acids is 1. The fraction of sp³-hybridized carbons (Fsp3) is 0.929. The van der Waals surface area contributed by atoms with Crippen molar-refractivity contribution in [2.75, 3.05) is 19.8 Å². The number of aliphatic hydroxyl groups excluding tert-OH is 1. The highest BCUT2D eigenvalue weighted by Crippen LogP contribution is 2.26. The van der Waals surface area contributed by atoms with Crippen LogP contribution in [0.5, 0.6) is 0 Å². The summed E-state index contributed by atoms with van der Waals surface area (Å²) in [6.45, 7) is 8.34. The van der Waals surface area contributed by atoms with Crippen molar-refractivity contribution >= 4 is 6.09 Å². The van der Waals surface area contributed by atoms with Crippen LogP contribution >= 0.6 is 0 Å². The molecule has 3 N–H and O–H groups in total. The molecule has 1 aliphatic carbocycles. The second-order valence-electron chi connectivity index (χ2n) is 6.50. The smallest absolute Gasteiger partial charge is 0.407 e. The van der Waals surface area contributed by atoms with Gasteiger partial charge >= 0.3 is 6.09 Å². The molecule has 1 amide bonds. The van der Waals surface area contributed by atoms with Crippen molar-refractivity contribution in [2.24, 2.45) is 5.22 Å². The maximum atomic E-state index is 11.6. The van der Waals surface area contributed by atoms with Crippen molar-refractivity contribution in [3.8, 4) is 0 Å². The molecule has 22 heavy (non-hydrogen) atoms. The molecule has 1 aliphatic rings. The van der Waals surface area contributed by atoms with Gasteiger partial charge in [-0.2, -0.15) is 5.53 Å². The first-order valence-corrected chi connectivity index (χ1v) is 7.64. The van der Waals surface area contributed by atoms with Gasteiger partial charge in [-0.15, -0.1) is 0 Å². The van der Waals surface area contributed by atoms with E-state index in [2.05, 4.69) is 10.5 Å². The number of carbonyl (C=O) groups is 1. The number of hydrogen-bond acceptors (Lipinski definition) is 6. The molecule has 0 aromatic rings. The molecule has 0 bridgehead atoms. The third-order valence-electron chi connectivity index (χ3n) is 3.30. The van der Waals surface area contributed by atoms with Crippen LogP contribution in [0.1, 0.15) is 40.5 Å². The molecular formula is C14H28N4O4. The SMILES string of the molecule is CCOCC(O)CN(N=N)C1CC(NC(=O)OC(C)(C)C)C1. The summed E-state index contributed by atoms with van der Waals surface area (Å²) in [4.78, 5) is 11.6. The fourth-order valence-corrected chi connectivity index (χ4v) is 2.22. The molecule has 1 rings (SSSR count). The Hall–Kier alpha value is -1.41. The van der Waals surface area contributed by atoms with E-state index in [-0.39, 0.29) is 25.2 Å². The van der Waals surface area contributed by atoms with E-state index in [4.69, 9.17) is 15.0 Å². The molecule has 0 aromatic heterocycles. The summed E-state index contributed by atoms with van der Waals surface area (Å²) in [5, 5.41) is 17.6. The van der Waals surface area contributed by atoms with E-state index in [1.54, 1.807) is 0 Å². The summed E-state index contributed by atoms with van der Waals surface area (Å²) in [7, 11) is 0. The van der Waals surface area contributed by atoms with E-state index in [0.29, 0.717) is 19.4 Å². The fourth-order valence-electron chi connectivity index (χ4n) is 2.22. The topological polar surface area (TPSA) is 107 Å². The molecule has 0 radical (unpaired) electrons. The number of hydrogen-bond donors (Lipinski definition) is 3. The van der Waals surface area contributed by atoms with Gasteiger partial charge in [-0.3, -0.25) is 5.01 Å². The average Bonchev–Trinajstić information content (AvgIpc) is 2.35. The Kier molecular flexibility index (Phi) is 7.02. The Morgan fingerprint density at radius 2 is 2.14 bits per heavy atom. The first kappa shape index (κ1) is 18.6. The van der Waals surface area contributed by atoms with Gasteiger partial charge in [-0.25, -0.2) is 4.79 Å². The van der Waals surface area contributed by atoms with Crippen LogP contribution in [0, 0.1) is 5.53 Å².